The van der Waals surface area contributed by atoms with E-state index in [0.717, 1.165) is 5.69 Å². The number of benzene rings is 1. The van der Waals surface area contributed by atoms with E-state index >= 15 is 0 Å². The third-order valence-corrected chi connectivity index (χ3v) is 3.03. The van der Waals surface area contributed by atoms with Crippen molar-refractivity contribution >= 4 is 0 Å². The Morgan fingerprint density at radius 1 is 1.12 bits per heavy atom. The molecule has 2 rings (SSSR count). The van der Waals surface area contributed by atoms with Crippen LogP contribution in [0.1, 0.15) is 22.4 Å². The lowest BCUT2D eigenvalue weighted by Crippen LogP contribution is -1.98. The fourth-order valence-corrected chi connectivity index (χ4v) is 2.42. The first kappa shape index (κ1) is 11.9. The van der Waals surface area contributed by atoms with E-state index in [1.807, 2.05) is 17.8 Å². The number of aliphatic hydroxyl groups excluding tert-OH is 1. The summed E-state index contributed by atoms with van der Waals surface area (Å²) in [6, 6.07) is 6.30. The minimum absolute atomic E-state index is 0.0161. The lowest BCUT2D eigenvalue weighted by atomic mass is 9.97. The Balaban J connectivity index is 2.63. The highest BCUT2D eigenvalue weighted by Gasteiger charge is 2.12. The van der Waals surface area contributed by atoms with E-state index in [2.05, 4.69) is 38.0 Å². The largest absolute Gasteiger partial charge is 0.390 e. The number of aliphatic hydroxyl groups is 1. The zero-order valence-electron chi connectivity index (χ0n) is 10.8. The maximum absolute atomic E-state index is 9.13. The van der Waals surface area contributed by atoms with Gasteiger partial charge in [-0.15, -0.1) is 0 Å². The monoisotopic (exact) mass is 230 g/mol. The van der Waals surface area contributed by atoms with Crippen LogP contribution in [0.15, 0.2) is 18.2 Å². The second-order valence-electron chi connectivity index (χ2n) is 4.58. The van der Waals surface area contributed by atoms with Crippen LogP contribution >= 0.6 is 0 Å². The predicted octanol–water partition coefficient (Wildman–Crippen LogP) is 2.50. The van der Waals surface area contributed by atoms with Crippen LogP contribution in [0.25, 0.3) is 11.3 Å². The summed E-state index contributed by atoms with van der Waals surface area (Å²) in [5, 5.41) is 13.4. The molecule has 0 spiro atoms. The van der Waals surface area contributed by atoms with E-state index in [1.165, 1.54) is 22.3 Å². The van der Waals surface area contributed by atoms with Gasteiger partial charge >= 0.3 is 0 Å². The van der Waals surface area contributed by atoms with Crippen LogP contribution in [0, 0.1) is 20.8 Å². The number of hydrogen-bond acceptors (Lipinski definition) is 2. The molecule has 3 nitrogen and oxygen atoms in total. The summed E-state index contributed by atoms with van der Waals surface area (Å²) in [5.74, 6) is 0. The van der Waals surface area contributed by atoms with Gasteiger partial charge in [0.2, 0.25) is 0 Å². The molecular weight excluding hydrogens is 212 g/mol. The molecule has 1 aromatic carbocycles. The Hall–Kier alpha value is -1.61. The number of aryl methyl sites for hydroxylation is 4. The molecule has 2 aromatic rings. The molecule has 0 radical (unpaired) electrons. The van der Waals surface area contributed by atoms with Crippen LogP contribution in [0.4, 0.5) is 0 Å². The Bertz CT molecular complexity index is 532. The number of rotatable bonds is 2. The van der Waals surface area contributed by atoms with Gasteiger partial charge in [-0.05, 0) is 38.0 Å². The van der Waals surface area contributed by atoms with Gasteiger partial charge in [0.1, 0.15) is 0 Å². The molecule has 0 saturated carbocycles. The van der Waals surface area contributed by atoms with E-state index in [1.54, 1.807) is 0 Å². The van der Waals surface area contributed by atoms with Gasteiger partial charge in [-0.1, -0.05) is 17.7 Å². The molecule has 1 aromatic heterocycles. The van der Waals surface area contributed by atoms with Crippen molar-refractivity contribution in [2.24, 2.45) is 7.05 Å². The standard InChI is InChI=1S/C14H18N2O/c1-9-5-10(2)14(11(3)6-9)13-7-12(8-17)15-16(13)4/h5-7,17H,8H2,1-4H3. The third-order valence-electron chi connectivity index (χ3n) is 3.03. The fraction of sp³-hybridized carbons (Fsp3) is 0.357. The third kappa shape index (κ3) is 2.11. The summed E-state index contributed by atoms with van der Waals surface area (Å²) in [6.07, 6.45) is 0. The first-order valence-electron chi connectivity index (χ1n) is 5.75. The molecule has 0 aliphatic carbocycles. The molecule has 90 valence electrons. The van der Waals surface area contributed by atoms with Crippen LogP contribution in [-0.4, -0.2) is 14.9 Å². The maximum Gasteiger partial charge on any atom is 0.0885 e. The summed E-state index contributed by atoms with van der Waals surface area (Å²) in [6.45, 7) is 6.31. The average molecular weight is 230 g/mol. The molecule has 0 saturated heterocycles. The Morgan fingerprint density at radius 3 is 2.18 bits per heavy atom. The second-order valence-corrected chi connectivity index (χ2v) is 4.58. The highest BCUT2D eigenvalue weighted by Crippen LogP contribution is 2.28. The molecule has 17 heavy (non-hydrogen) atoms. The van der Waals surface area contributed by atoms with Gasteiger partial charge in [0, 0.05) is 12.6 Å². The summed E-state index contributed by atoms with van der Waals surface area (Å²) in [5.41, 5.74) is 6.74. The van der Waals surface area contributed by atoms with Crippen molar-refractivity contribution in [2.45, 2.75) is 27.4 Å². The van der Waals surface area contributed by atoms with Crippen molar-refractivity contribution in [2.75, 3.05) is 0 Å². The van der Waals surface area contributed by atoms with E-state index in [-0.39, 0.29) is 6.61 Å². The Labute approximate surface area is 102 Å². The summed E-state index contributed by atoms with van der Waals surface area (Å²) < 4.78 is 1.83. The van der Waals surface area contributed by atoms with Gasteiger partial charge in [-0.3, -0.25) is 4.68 Å². The van der Waals surface area contributed by atoms with Crippen LogP contribution in [-0.2, 0) is 13.7 Å². The molecule has 1 heterocycles. The maximum atomic E-state index is 9.13. The molecule has 1 N–H and O–H groups in total. The molecule has 0 amide bonds. The number of aromatic nitrogens is 2. The molecule has 0 atom stereocenters. The lowest BCUT2D eigenvalue weighted by Gasteiger charge is -2.11. The zero-order chi connectivity index (χ0) is 12.6. The highest BCUT2D eigenvalue weighted by molar-refractivity contribution is 5.68. The highest BCUT2D eigenvalue weighted by atomic mass is 16.3. The molecular formula is C14H18N2O. The Morgan fingerprint density at radius 2 is 1.71 bits per heavy atom. The van der Waals surface area contributed by atoms with Crippen LogP contribution < -0.4 is 0 Å². The topological polar surface area (TPSA) is 38.1 Å². The summed E-state index contributed by atoms with van der Waals surface area (Å²) >= 11 is 0. The SMILES string of the molecule is Cc1cc(C)c(-c2cc(CO)nn2C)c(C)c1. The minimum Gasteiger partial charge on any atom is -0.390 e. The number of nitrogens with zero attached hydrogens (tertiary/aromatic N) is 2. The quantitative estimate of drug-likeness (QED) is 0.860. The van der Waals surface area contributed by atoms with Gasteiger partial charge in [0.15, 0.2) is 0 Å². The first-order chi connectivity index (χ1) is 8.02. The summed E-state index contributed by atoms with van der Waals surface area (Å²) in [4.78, 5) is 0. The smallest absolute Gasteiger partial charge is 0.0885 e. The molecule has 0 unspecified atom stereocenters. The lowest BCUT2D eigenvalue weighted by molar-refractivity contribution is 0.275. The van der Waals surface area contributed by atoms with Gasteiger partial charge in [0.05, 0.1) is 18.0 Å². The Kier molecular flexibility index (Phi) is 3.03. The van der Waals surface area contributed by atoms with Crippen molar-refractivity contribution < 1.29 is 5.11 Å². The van der Waals surface area contributed by atoms with Gasteiger partial charge in [0.25, 0.3) is 0 Å². The van der Waals surface area contributed by atoms with Crippen molar-refractivity contribution in [3.8, 4) is 11.3 Å². The number of hydrogen-bond donors (Lipinski definition) is 1. The van der Waals surface area contributed by atoms with E-state index < -0.39 is 0 Å². The van der Waals surface area contributed by atoms with Crippen molar-refractivity contribution in [1.29, 1.82) is 0 Å². The molecule has 0 fully saturated rings. The zero-order valence-corrected chi connectivity index (χ0v) is 10.8. The van der Waals surface area contributed by atoms with Gasteiger partial charge in [-0.25, -0.2) is 0 Å². The van der Waals surface area contributed by atoms with Crippen LogP contribution in [0.5, 0.6) is 0 Å². The van der Waals surface area contributed by atoms with Crippen LogP contribution in [0.2, 0.25) is 0 Å². The fourth-order valence-electron chi connectivity index (χ4n) is 2.42. The second kappa shape index (κ2) is 4.34. The van der Waals surface area contributed by atoms with Crippen molar-refractivity contribution in [3.63, 3.8) is 0 Å². The predicted molar refractivity (Wildman–Crippen MR) is 68.8 cm³/mol. The van der Waals surface area contributed by atoms with E-state index in [9.17, 15) is 0 Å². The minimum atomic E-state index is -0.0161. The van der Waals surface area contributed by atoms with E-state index in [0.29, 0.717) is 5.69 Å². The van der Waals surface area contributed by atoms with E-state index in [4.69, 9.17) is 5.11 Å². The normalized spacial score (nSPS) is 10.9. The summed E-state index contributed by atoms with van der Waals surface area (Å²) in [7, 11) is 1.91. The van der Waals surface area contributed by atoms with Crippen LogP contribution in [0.3, 0.4) is 0 Å². The molecule has 0 aliphatic rings. The average Bonchev–Trinajstić information content (AvgIpc) is 2.59. The first-order valence-corrected chi connectivity index (χ1v) is 5.75. The van der Waals surface area contributed by atoms with Crippen molar-refractivity contribution in [3.05, 3.63) is 40.6 Å². The van der Waals surface area contributed by atoms with Crippen molar-refractivity contribution in [1.82, 2.24) is 9.78 Å². The molecule has 0 aliphatic heterocycles. The van der Waals surface area contributed by atoms with Gasteiger partial charge < -0.3 is 5.11 Å². The molecule has 3 heteroatoms. The molecule has 0 bridgehead atoms. The van der Waals surface area contributed by atoms with Gasteiger partial charge in [-0.2, -0.15) is 5.10 Å².